The minimum Gasteiger partial charge on any atom is -0.375 e. The van der Waals surface area contributed by atoms with Crippen molar-refractivity contribution in [2.45, 2.75) is 61.0 Å². The van der Waals surface area contributed by atoms with Crippen molar-refractivity contribution < 1.29 is 4.74 Å². The van der Waals surface area contributed by atoms with Crippen LogP contribution in [-0.4, -0.2) is 24.0 Å². The zero-order chi connectivity index (χ0) is 14.3. The van der Waals surface area contributed by atoms with Crippen molar-refractivity contribution >= 4 is 11.8 Å². The van der Waals surface area contributed by atoms with E-state index >= 15 is 0 Å². The van der Waals surface area contributed by atoms with Gasteiger partial charge >= 0.3 is 0 Å². The summed E-state index contributed by atoms with van der Waals surface area (Å²) in [5, 5.41) is 0. The average Bonchev–Trinajstić information content (AvgIpc) is 3.14. The second-order valence-electron chi connectivity index (χ2n) is 7.02. The fraction of sp³-hybridized carbons (Fsp3) is 0.667. The molecule has 3 heteroatoms. The van der Waals surface area contributed by atoms with Crippen LogP contribution in [0.5, 0.6) is 0 Å². The lowest BCUT2D eigenvalue weighted by Gasteiger charge is -2.41. The van der Waals surface area contributed by atoms with Gasteiger partial charge in [0.1, 0.15) is 0 Å². The van der Waals surface area contributed by atoms with Crippen LogP contribution >= 0.6 is 11.8 Å². The van der Waals surface area contributed by atoms with Gasteiger partial charge in [0.15, 0.2) is 0 Å². The molecule has 1 aliphatic carbocycles. The quantitative estimate of drug-likeness (QED) is 0.898. The molecule has 1 aromatic rings. The summed E-state index contributed by atoms with van der Waals surface area (Å²) in [6.45, 7) is 0.917. The molecule has 1 spiro atoms. The van der Waals surface area contributed by atoms with Crippen LogP contribution in [0.4, 0.5) is 0 Å². The molecule has 1 aromatic carbocycles. The second kappa shape index (κ2) is 5.60. The standard InChI is InChI=1S/C18H25NOS/c19-17(15-12-21-16-6-2-1-5-14(15)16)13-7-10-20-18(11-13)8-3-4-9-18/h1-2,5-6,13,15,17H,3-4,7-12,19H2. The molecule has 2 fully saturated rings. The lowest BCUT2D eigenvalue weighted by atomic mass is 9.76. The van der Waals surface area contributed by atoms with E-state index in [4.69, 9.17) is 10.5 Å². The Bertz CT molecular complexity index is 512. The van der Waals surface area contributed by atoms with E-state index in [-0.39, 0.29) is 5.60 Å². The Balaban J connectivity index is 1.51. The Hall–Kier alpha value is -0.510. The topological polar surface area (TPSA) is 35.2 Å². The lowest BCUT2D eigenvalue weighted by Crippen LogP contribution is -2.46. The highest BCUT2D eigenvalue weighted by Gasteiger charge is 2.43. The maximum Gasteiger partial charge on any atom is 0.0685 e. The fourth-order valence-corrected chi connectivity index (χ4v) is 5.92. The SMILES string of the molecule is NC(C1CCOC2(CCCC2)C1)C1CSc2ccccc21. The highest BCUT2D eigenvalue weighted by Crippen LogP contribution is 2.47. The van der Waals surface area contributed by atoms with Gasteiger partial charge < -0.3 is 10.5 Å². The lowest BCUT2D eigenvalue weighted by molar-refractivity contribution is -0.0969. The Morgan fingerprint density at radius 1 is 1.24 bits per heavy atom. The molecule has 0 aromatic heterocycles. The van der Waals surface area contributed by atoms with E-state index < -0.39 is 0 Å². The van der Waals surface area contributed by atoms with Gasteiger partial charge in [0, 0.05) is 29.2 Å². The van der Waals surface area contributed by atoms with Crippen LogP contribution in [0.2, 0.25) is 0 Å². The van der Waals surface area contributed by atoms with E-state index in [1.165, 1.54) is 42.6 Å². The molecule has 114 valence electrons. The predicted octanol–water partition coefficient (Wildman–Crippen LogP) is 3.94. The summed E-state index contributed by atoms with van der Waals surface area (Å²) in [7, 11) is 0. The number of fused-ring (bicyclic) bond motifs is 1. The summed E-state index contributed by atoms with van der Waals surface area (Å²) >= 11 is 1.98. The molecule has 1 saturated carbocycles. The first-order valence-electron chi connectivity index (χ1n) is 8.39. The maximum absolute atomic E-state index is 6.75. The number of benzene rings is 1. The zero-order valence-corrected chi connectivity index (χ0v) is 13.4. The van der Waals surface area contributed by atoms with Gasteiger partial charge in [-0.1, -0.05) is 31.0 Å². The molecule has 2 nitrogen and oxygen atoms in total. The number of hydrogen-bond acceptors (Lipinski definition) is 3. The van der Waals surface area contributed by atoms with E-state index in [0.717, 1.165) is 18.8 Å². The summed E-state index contributed by atoms with van der Waals surface area (Å²) in [5.74, 6) is 2.33. The van der Waals surface area contributed by atoms with Crippen LogP contribution in [0.1, 0.15) is 50.0 Å². The van der Waals surface area contributed by atoms with Crippen LogP contribution < -0.4 is 5.73 Å². The molecular formula is C18H25NOS. The molecule has 0 amide bonds. The van der Waals surface area contributed by atoms with Crippen molar-refractivity contribution in [1.82, 2.24) is 0 Å². The van der Waals surface area contributed by atoms with E-state index in [2.05, 4.69) is 24.3 Å². The first-order valence-corrected chi connectivity index (χ1v) is 9.37. The Morgan fingerprint density at radius 2 is 2.05 bits per heavy atom. The fourth-order valence-electron chi connectivity index (χ4n) is 4.60. The van der Waals surface area contributed by atoms with Gasteiger partial charge in [-0.2, -0.15) is 0 Å². The minimum atomic E-state index is 0.186. The van der Waals surface area contributed by atoms with Crippen molar-refractivity contribution in [2.75, 3.05) is 12.4 Å². The molecule has 4 rings (SSSR count). The average molecular weight is 303 g/mol. The summed E-state index contributed by atoms with van der Waals surface area (Å²) in [4.78, 5) is 1.44. The molecule has 3 unspecified atom stereocenters. The normalized spacial score (nSPS) is 32.2. The number of hydrogen-bond donors (Lipinski definition) is 1. The summed E-state index contributed by atoms with van der Waals surface area (Å²) in [5.41, 5.74) is 8.42. The molecule has 2 N–H and O–H groups in total. The van der Waals surface area contributed by atoms with Gasteiger partial charge in [-0.05, 0) is 43.2 Å². The van der Waals surface area contributed by atoms with E-state index in [1.54, 1.807) is 0 Å². The zero-order valence-electron chi connectivity index (χ0n) is 12.6. The molecule has 0 bridgehead atoms. The molecule has 3 aliphatic rings. The van der Waals surface area contributed by atoms with Crippen molar-refractivity contribution in [1.29, 1.82) is 0 Å². The highest BCUT2D eigenvalue weighted by atomic mass is 32.2. The van der Waals surface area contributed by atoms with Crippen LogP contribution in [0, 0.1) is 5.92 Å². The van der Waals surface area contributed by atoms with Crippen LogP contribution in [0.15, 0.2) is 29.2 Å². The Labute approximate surface area is 131 Å². The first kappa shape index (κ1) is 14.1. The number of rotatable bonds is 2. The maximum atomic E-state index is 6.75. The highest BCUT2D eigenvalue weighted by molar-refractivity contribution is 7.99. The number of ether oxygens (including phenoxy) is 1. The molecule has 21 heavy (non-hydrogen) atoms. The van der Waals surface area contributed by atoms with Crippen molar-refractivity contribution in [2.24, 2.45) is 11.7 Å². The van der Waals surface area contributed by atoms with Gasteiger partial charge in [0.25, 0.3) is 0 Å². The Kier molecular flexibility index (Phi) is 3.76. The van der Waals surface area contributed by atoms with Crippen molar-refractivity contribution in [3.63, 3.8) is 0 Å². The summed E-state index contributed by atoms with van der Waals surface area (Å²) in [6.07, 6.45) is 7.52. The van der Waals surface area contributed by atoms with E-state index in [1.807, 2.05) is 11.8 Å². The van der Waals surface area contributed by atoms with Crippen molar-refractivity contribution in [3.05, 3.63) is 29.8 Å². The predicted molar refractivity (Wildman–Crippen MR) is 87.8 cm³/mol. The van der Waals surface area contributed by atoms with Gasteiger partial charge in [0.2, 0.25) is 0 Å². The van der Waals surface area contributed by atoms with E-state index in [0.29, 0.717) is 17.9 Å². The molecule has 1 saturated heterocycles. The number of nitrogens with two attached hydrogens (primary N) is 1. The summed E-state index contributed by atoms with van der Waals surface area (Å²) < 4.78 is 6.18. The molecule has 0 radical (unpaired) electrons. The second-order valence-corrected chi connectivity index (χ2v) is 8.09. The molecule has 3 atom stereocenters. The monoisotopic (exact) mass is 303 g/mol. The first-order chi connectivity index (χ1) is 10.3. The van der Waals surface area contributed by atoms with Crippen LogP contribution in [0.3, 0.4) is 0 Å². The Morgan fingerprint density at radius 3 is 2.90 bits per heavy atom. The molecule has 2 aliphatic heterocycles. The van der Waals surface area contributed by atoms with Crippen molar-refractivity contribution in [3.8, 4) is 0 Å². The van der Waals surface area contributed by atoms with Crippen LogP contribution in [0.25, 0.3) is 0 Å². The summed E-state index contributed by atoms with van der Waals surface area (Å²) in [6, 6.07) is 9.12. The van der Waals surface area contributed by atoms with Gasteiger partial charge in [-0.3, -0.25) is 0 Å². The van der Waals surface area contributed by atoms with Gasteiger partial charge in [0.05, 0.1) is 5.60 Å². The minimum absolute atomic E-state index is 0.186. The van der Waals surface area contributed by atoms with Gasteiger partial charge in [-0.15, -0.1) is 11.8 Å². The molecular weight excluding hydrogens is 278 g/mol. The van der Waals surface area contributed by atoms with Gasteiger partial charge in [-0.25, -0.2) is 0 Å². The largest absolute Gasteiger partial charge is 0.375 e. The third-order valence-corrected chi connectivity index (χ3v) is 7.00. The smallest absolute Gasteiger partial charge is 0.0685 e. The van der Waals surface area contributed by atoms with E-state index in [9.17, 15) is 0 Å². The third kappa shape index (κ3) is 2.54. The molecule has 2 heterocycles. The number of thioether (sulfide) groups is 1. The van der Waals surface area contributed by atoms with Crippen LogP contribution in [-0.2, 0) is 4.74 Å². The third-order valence-electron chi connectivity index (χ3n) is 5.79.